The lowest BCUT2D eigenvalue weighted by molar-refractivity contribution is -0.142. The normalized spacial score (nSPS) is 10.2. The number of amides is 1. The molecular weight excluding hydrogens is 336 g/mol. The van der Waals surface area contributed by atoms with Crippen LogP contribution in [0, 0.1) is 11.3 Å². The molecule has 2 rings (SSSR count). The summed E-state index contributed by atoms with van der Waals surface area (Å²) < 4.78 is 4.92. The van der Waals surface area contributed by atoms with E-state index in [-0.39, 0.29) is 12.4 Å². The van der Waals surface area contributed by atoms with E-state index in [1.54, 1.807) is 18.2 Å². The number of hydrogen-bond donors (Lipinski definition) is 1. The summed E-state index contributed by atoms with van der Waals surface area (Å²) in [4.78, 5) is 24.4. The summed E-state index contributed by atoms with van der Waals surface area (Å²) in [5.74, 6) is -0.746. The van der Waals surface area contributed by atoms with Crippen LogP contribution in [0.4, 0.5) is 5.69 Å². The Labute approximate surface area is 150 Å². The van der Waals surface area contributed by atoms with Crippen molar-refractivity contribution < 1.29 is 14.3 Å². The van der Waals surface area contributed by atoms with Gasteiger partial charge in [0.2, 0.25) is 0 Å². The maximum atomic E-state index is 11.9. The van der Waals surface area contributed by atoms with Crippen molar-refractivity contribution in [2.75, 3.05) is 17.7 Å². The SMILES string of the molecule is N#CCSc1ccccc1NC(=O)COC(=O)/C=C/c1ccccc1. The van der Waals surface area contributed by atoms with Gasteiger partial charge in [-0.3, -0.25) is 4.79 Å². The Hall–Kier alpha value is -3.04. The second-order valence-corrected chi connectivity index (χ2v) is 5.86. The van der Waals surface area contributed by atoms with Gasteiger partial charge in [-0.05, 0) is 23.8 Å². The van der Waals surface area contributed by atoms with Gasteiger partial charge in [-0.2, -0.15) is 5.26 Å². The number of thioether (sulfide) groups is 1. The highest BCUT2D eigenvalue weighted by atomic mass is 32.2. The van der Waals surface area contributed by atoms with Gasteiger partial charge in [0.1, 0.15) is 0 Å². The smallest absolute Gasteiger partial charge is 0.331 e. The van der Waals surface area contributed by atoms with E-state index in [0.717, 1.165) is 10.5 Å². The fourth-order valence-corrected chi connectivity index (χ4v) is 2.57. The monoisotopic (exact) mass is 352 g/mol. The van der Waals surface area contributed by atoms with Crippen molar-refractivity contribution in [1.82, 2.24) is 0 Å². The summed E-state index contributed by atoms with van der Waals surface area (Å²) in [6.45, 7) is -0.380. The first-order chi connectivity index (χ1) is 12.2. The van der Waals surface area contributed by atoms with Crippen LogP contribution in [0.2, 0.25) is 0 Å². The van der Waals surface area contributed by atoms with Crippen LogP contribution in [0.1, 0.15) is 5.56 Å². The quantitative estimate of drug-likeness (QED) is 0.469. The highest BCUT2D eigenvalue weighted by Gasteiger charge is 2.09. The number of para-hydroxylation sites is 1. The van der Waals surface area contributed by atoms with Crippen LogP contribution in [-0.2, 0) is 14.3 Å². The first kappa shape index (κ1) is 18.3. The molecule has 0 spiro atoms. The van der Waals surface area contributed by atoms with Gasteiger partial charge in [0.05, 0.1) is 17.5 Å². The number of anilines is 1. The molecule has 0 aromatic heterocycles. The molecule has 2 aromatic rings. The zero-order valence-corrected chi connectivity index (χ0v) is 14.2. The van der Waals surface area contributed by atoms with Crippen LogP contribution >= 0.6 is 11.8 Å². The minimum atomic E-state index is -0.592. The molecule has 1 N–H and O–H groups in total. The van der Waals surface area contributed by atoms with Gasteiger partial charge in [-0.15, -0.1) is 11.8 Å². The van der Waals surface area contributed by atoms with Crippen molar-refractivity contribution in [2.45, 2.75) is 4.90 Å². The molecule has 5 nitrogen and oxygen atoms in total. The van der Waals surface area contributed by atoms with Crippen LogP contribution in [0.5, 0.6) is 0 Å². The van der Waals surface area contributed by atoms with Crippen molar-refractivity contribution in [2.24, 2.45) is 0 Å². The Bertz CT molecular complexity index is 798. The van der Waals surface area contributed by atoms with E-state index in [0.29, 0.717) is 5.69 Å². The zero-order chi connectivity index (χ0) is 17.9. The summed E-state index contributed by atoms with van der Waals surface area (Å²) in [5, 5.41) is 11.3. The first-order valence-electron chi connectivity index (χ1n) is 7.47. The summed E-state index contributed by atoms with van der Waals surface area (Å²) in [6, 6.07) is 18.5. The summed E-state index contributed by atoms with van der Waals surface area (Å²) in [6.07, 6.45) is 2.90. The number of nitriles is 1. The highest BCUT2D eigenvalue weighted by molar-refractivity contribution is 7.99. The van der Waals surface area contributed by atoms with Crippen LogP contribution < -0.4 is 5.32 Å². The molecule has 0 saturated heterocycles. The molecule has 0 heterocycles. The Morgan fingerprint density at radius 2 is 1.84 bits per heavy atom. The minimum Gasteiger partial charge on any atom is -0.452 e. The van der Waals surface area contributed by atoms with Crippen LogP contribution in [0.25, 0.3) is 6.08 Å². The van der Waals surface area contributed by atoms with Gasteiger partial charge in [-0.1, -0.05) is 42.5 Å². The molecule has 0 fully saturated rings. The average molecular weight is 352 g/mol. The van der Waals surface area contributed by atoms with E-state index in [2.05, 4.69) is 5.32 Å². The van der Waals surface area contributed by atoms with Crippen molar-refractivity contribution >= 4 is 35.4 Å². The number of carbonyl (C=O) groups is 2. The lowest BCUT2D eigenvalue weighted by Gasteiger charge is -2.09. The molecule has 0 aliphatic heterocycles. The van der Waals surface area contributed by atoms with Crippen LogP contribution in [0.15, 0.2) is 65.6 Å². The maximum Gasteiger partial charge on any atom is 0.331 e. The topological polar surface area (TPSA) is 79.2 Å². The van der Waals surface area contributed by atoms with E-state index >= 15 is 0 Å². The van der Waals surface area contributed by atoms with Crippen LogP contribution in [0.3, 0.4) is 0 Å². The third-order valence-corrected chi connectivity index (χ3v) is 3.95. The molecule has 0 aliphatic rings. The highest BCUT2D eigenvalue weighted by Crippen LogP contribution is 2.26. The molecule has 2 aromatic carbocycles. The largest absolute Gasteiger partial charge is 0.452 e. The lowest BCUT2D eigenvalue weighted by Crippen LogP contribution is -2.20. The van der Waals surface area contributed by atoms with Crippen LogP contribution in [-0.4, -0.2) is 24.2 Å². The maximum absolute atomic E-state index is 11.9. The van der Waals surface area contributed by atoms with E-state index < -0.39 is 11.9 Å². The molecule has 0 saturated carbocycles. The number of ether oxygens (including phenoxy) is 1. The molecule has 1 amide bonds. The summed E-state index contributed by atoms with van der Waals surface area (Å²) >= 11 is 1.32. The van der Waals surface area contributed by atoms with E-state index in [1.807, 2.05) is 48.5 Å². The number of hydrogen-bond acceptors (Lipinski definition) is 5. The second kappa shape index (κ2) is 9.96. The second-order valence-electron chi connectivity index (χ2n) is 4.84. The van der Waals surface area contributed by atoms with E-state index in [1.165, 1.54) is 17.8 Å². The fourth-order valence-electron chi connectivity index (χ4n) is 1.91. The molecular formula is C19H16N2O3S. The Kier molecular flexibility index (Phi) is 7.29. The third kappa shape index (κ3) is 6.53. The fraction of sp³-hybridized carbons (Fsp3) is 0.105. The molecule has 0 aliphatic carbocycles. The lowest BCUT2D eigenvalue weighted by atomic mass is 10.2. The van der Waals surface area contributed by atoms with Gasteiger partial charge in [-0.25, -0.2) is 4.79 Å². The van der Waals surface area contributed by atoms with Crippen molar-refractivity contribution in [3.63, 3.8) is 0 Å². The van der Waals surface area contributed by atoms with Crippen molar-refractivity contribution in [3.8, 4) is 6.07 Å². The summed E-state index contributed by atoms with van der Waals surface area (Å²) in [5.41, 5.74) is 1.45. The Morgan fingerprint density at radius 3 is 2.60 bits per heavy atom. The average Bonchev–Trinajstić information content (AvgIpc) is 2.65. The van der Waals surface area contributed by atoms with Crippen molar-refractivity contribution in [3.05, 3.63) is 66.2 Å². The minimum absolute atomic E-state index is 0.284. The molecule has 25 heavy (non-hydrogen) atoms. The predicted molar refractivity (Wildman–Crippen MR) is 97.8 cm³/mol. The number of nitrogens with one attached hydrogen (secondary N) is 1. The number of carbonyl (C=O) groups excluding carboxylic acids is 2. The first-order valence-corrected chi connectivity index (χ1v) is 8.46. The molecule has 6 heteroatoms. The Morgan fingerprint density at radius 1 is 1.12 bits per heavy atom. The number of esters is 1. The van der Waals surface area contributed by atoms with E-state index in [9.17, 15) is 9.59 Å². The van der Waals surface area contributed by atoms with Gasteiger partial charge in [0.15, 0.2) is 6.61 Å². The molecule has 0 bridgehead atoms. The standard InChI is InChI=1S/C19H16N2O3S/c20-12-13-25-17-9-5-4-8-16(17)21-18(22)14-24-19(23)11-10-15-6-2-1-3-7-15/h1-11H,13-14H2,(H,21,22)/b11-10+. The molecule has 0 unspecified atom stereocenters. The van der Waals surface area contributed by atoms with Gasteiger partial charge in [0, 0.05) is 11.0 Å². The number of nitrogens with zero attached hydrogens (tertiary/aromatic N) is 1. The van der Waals surface area contributed by atoms with E-state index in [4.69, 9.17) is 10.00 Å². The van der Waals surface area contributed by atoms with Crippen molar-refractivity contribution in [1.29, 1.82) is 5.26 Å². The number of rotatable bonds is 7. The molecule has 0 atom stereocenters. The van der Waals surface area contributed by atoms with Gasteiger partial charge < -0.3 is 10.1 Å². The van der Waals surface area contributed by atoms with Gasteiger partial charge in [0.25, 0.3) is 5.91 Å². The predicted octanol–water partition coefficient (Wildman–Crippen LogP) is 3.50. The van der Waals surface area contributed by atoms with Gasteiger partial charge >= 0.3 is 5.97 Å². The molecule has 126 valence electrons. The third-order valence-electron chi connectivity index (χ3n) is 3.01. The molecule has 0 radical (unpaired) electrons. The number of benzene rings is 2. The Balaban J connectivity index is 1.84. The summed E-state index contributed by atoms with van der Waals surface area (Å²) in [7, 11) is 0. The zero-order valence-electron chi connectivity index (χ0n) is 13.3.